The molecule has 0 aromatic heterocycles. The highest BCUT2D eigenvalue weighted by Crippen LogP contribution is 2.20. The Bertz CT molecular complexity index is 325. The van der Waals surface area contributed by atoms with Crippen LogP contribution in [0.3, 0.4) is 0 Å². The third kappa shape index (κ3) is 2.29. The van der Waals surface area contributed by atoms with Crippen LogP contribution >= 0.6 is 15.9 Å². The van der Waals surface area contributed by atoms with E-state index in [1.807, 2.05) is 12.1 Å². The van der Waals surface area contributed by atoms with Gasteiger partial charge < -0.3 is 11.5 Å². The van der Waals surface area contributed by atoms with E-state index in [0.717, 1.165) is 10.0 Å². The van der Waals surface area contributed by atoms with Crippen LogP contribution in [0.15, 0.2) is 22.7 Å². The highest BCUT2D eigenvalue weighted by atomic mass is 79.9. The van der Waals surface area contributed by atoms with Crippen LogP contribution in [-0.4, -0.2) is 12.5 Å². The summed E-state index contributed by atoms with van der Waals surface area (Å²) in [6.07, 6.45) is 0.664. The zero-order valence-electron chi connectivity index (χ0n) is 7.09. The summed E-state index contributed by atoms with van der Waals surface area (Å²) in [5.74, 6) is -0.420. The van der Waals surface area contributed by atoms with Gasteiger partial charge >= 0.3 is 0 Å². The number of nitrogens with two attached hydrogens (primary N) is 2. The molecule has 3 nitrogen and oxygen atoms in total. The third-order valence-corrected chi connectivity index (χ3v) is 2.42. The fourth-order valence-electron chi connectivity index (χ4n) is 1.21. The Balaban J connectivity index is 3.17. The summed E-state index contributed by atoms with van der Waals surface area (Å²) in [6.45, 7) is 0.511. The largest absolute Gasteiger partial charge is 0.366 e. The van der Waals surface area contributed by atoms with Crippen LogP contribution < -0.4 is 11.5 Å². The summed E-state index contributed by atoms with van der Waals surface area (Å²) in [6, 6.07) is 5.51. The minimum Gasteiger partial charge on any atom is -0.366 e. The van der Waals surface area contributed by atoms with E-state index in [9.17, 15) is 4.79 Å². The molecule has 0 unspecified atom stereocenters. The molecule has 4 N–H and O–H groups in total. The predicted octanol–water partition coefficient (Wildman–Crippen LogP) is 1.05. The average Bonchev–Trinajstić information content (AvgIpc) is 2.04. The molecule has 13 heavy (non-hydrogen) atoms. The Labute approximate surface area is 85.2 Å². The number of rotatable bonds is 3. The minimum atomic E-state index is -0.420. The third-order valence-electron chi connectivity index (χ3n) is 1.76. The lowest BCUT2D eigenvalue weighted by molar-refractivity contribution is 0.0998. The van der Waals surface area contributed by atoms with Crippen LogP contribution in [0.5, 0.6) is 0 Å². The molecule has 0 fully saturated rings. The van der Waals surface area contributed by atoms with Gasteiger partial charge in [0.05, 0.1) is 5.56 Å². The van der Waals surface area contributed by atoms with Crippen molar-refractivity contribution >= 4 is 21.8 Å². The van der Waals surface area contributed by atoms with E-state index in [4.69, 9.17) is 11.5 Å². The SMILES string of the molecule is NCCc1cccc(Br)c1C(N)=O. The van der Waals surface area contributed by atoms with Gasteiger partial charge in [0.2, 0.25) is 5.91 Å². The number of hydrogen-bond donors (Lipinski definition) is 2. The first-order chi connectivity index (χ1) is 6.16. The van der Waals surface area contributed by atoms with Crippen molar-refractivity contribution in [1.29, 1.82) is 0 Å². The topological polar surface area (TPSA) is 69.1 Å². The van der Waals surface area contributed by atoms with Crippen molar-refractivity contribution in [2.45, 2.75) is 6.42 Å². The standard InChI is InChI=1S/C9H11BrN2O/c10-7-3-1-2-6(4-5-11)8(7)9(12)13/h1-3H,4-5,11H2,(H2,12,13). The van der Waals surface area contributed by atoms with Crippen LogP contribution in [0.2, 0.25) is 0 Å². The molecule has 0 aliphatic carbocycles. The number of halogens is 1. The van der Waals surface area contributed by atoms with Gasteiger partial charge in [0.25, 0.3) is 0 Å². The van der Waals surface area contributed by atoms with E-state index in [1.165, 1.54) is 0 Å². The van der Waals surface area contributed by atoms with Gasteiger partial charge in [-0.15, -0.1) is 0 Å². The number of carbonyl (C=O) groups is 1. The van der Waals surface area contributed by atoms with Gasteiger partial charge in [0, 0.05) is 4.47 Å². The maximum atomic E-state index is 11.1. The quantitative estimate of drug-likeness (QED) is 0.832. The Morgan fingerprint density at radius 2 is 2.15 bits per heavy atom. The molecule has 0 saturated heterocycles. The molecule has 0 aliphatic heterocycles. The van der Waals surface area contributed by atoms with Crippen LogP contribution in [0.1, 0.15) is 15.9 Å². The predicted molar refractivity (Wildman–Crippen MR) is 55.4 cm³/mol. The van der Waals surface area contributed by atoms with Gasteiger partial charge in [0.15, 0.2) is 0 Å². The number of carbonyl (C=O) groups excluding carboxylic acids is 1. The van der Waals surface area contributed by atoms with Crippen molar-refractivity contribution in [3.05, 3.63) is 33.8 Å². The van der Waals surface area contributed by atoms with Gasteiger partial charge in [-0.1, -0.05) is 12.1 Å². The zero-order chi connectivity index (χ0) is 9.84. The lowest BCUT2D eigenvalue weighted by atomic mass is 10.0. The summed E-state index contributed by atoms with van der Waals surface area (Å²) in [4.78, 5) is 11.1. The first kappa shape index (κ1) is 10.2. The van der Waals surface area contributed by atoms with Gasteiger partial charge in [0.1, 0.15) is 0 Å². The van der Waals surface area contributed by atoms with Crippen LogP contribution in [0.4, 0.5) is 0 Å². The first-order valence-corrected chi connectivity index (χ1v) is 4.73. The lowest BCUT2D eigenvalue weighted by Crippen LogP contribution is -2.16. The maximum absolute atomic E-state index is 11.1. The fourth-order valence-corrected chi connectivity index (χ4v) is 1.81. The zero-order valence-corrected chi connectivity index (χ0v) is 8.67. The van der Waals surface area contributed by atoms with Crippen molar-refractivity contribution in [3.63, 3.8) is 0 Å². The summed E-state index contributed by atoms with van der Waals surface area (Å²) in [5.41, 5.74) is 12.1. The minimum absolute atomic E-state index is 0.420. The Hall–Kier alpha value is -0.870. The van der Waals surface area contributed by atoms with Crippen molar-refractivity contribution < 1.29 is 4.79 Å². The molecular formula is C9H11BrN2O. The molecular weight excluding hydrogens is 232 g/mol. The van der Waals surface area contributed by atoms with Crippen molar-refractivity contribution in [1.82, 2.24) is 0 Å². The summed E-state index contributed by atoms with van der Waals surface area (Å²) >= 11 is 3.28. The molecule has 70 valence electrons. The lowest BCUT2D eigenvalue weighted by Gasteiger charge is -2.06. The normalized spacial score (nSPS) is 10.0. The van der Waals surface area contributed by atoms with Gasteiger partial charge in [-0.2, -0.15) is 0 Å². The summed E-state index contributed by atoms with van der Waals surface area (Å²) < 4.78 is 0.728. The van der Waals surface area contributed by atoms with Crippen molar-refractivity contribution in [2.75, 3.05) is 6.54 Å². The number of amides is 1. The highest BCUT2D eigenvalue weighted by molar-refractivity contribution is 9.10. The molecule has 1 aromatic carbocycles. The molecule has 1 aromatic rings. The van der Waals surface area contributed by atoms with E-state index < -0.39 is 5.91 Å². The summed E-state index contributed by atoms with van der Waals surface area (Å²) in [7, 11) is 0. The number of primary amides is 1. The second-order valence-electron chi connectivity index (χ2n) is 2.68. The first-order valence-electron chi connectivity index (χ1n) is 3.94. The van der Waals surface area contributed by atoms with Crippen LogP contribution in [0.25, 0.3) is 0 Å². The maximum Gasteiger partial charge on any atom is 0.250 e. The second kappa shape index (κ2) is 4.39. The van der Waals surface area contributed by atoms with Crippen LogP contribution in [0, 0.1) is 0 Å². The molecule has 0 saturated carbocycles. The van der Waals surface area contributed by atoms with E-state index >= 15 is 0 Å². The van der Waals surface area contributed by atoms with Crippen LogP contribution in [-0.2, 0) is 6.42 Å². The smallest absolute Gasteiger partial charge is 0.250 e. The Morgan fingerprint density at radius 1 is 1.46 bits per heavy atom. The molecule has 0 radical (unpaired) electrons. The van der Waals surface area contributed by atoms with Crippen molar-refractivity contribution in [3.8, 4) is 0 Å². The van der Waals surface area contributed by atoms with Gasteiger partial charge in [-0.3, -0.25) is 4.79 Å². The Morgan fingerprint density at radius 3 is 2.69 bits per heavy atom. The van der Waals surface area contributed by atoms with Gasteiger partial charge in [-0.25, -0.2) is 0 Å². The van der Waals surface area contributed by atoms with E-state index in [1.54, 1.807) is 6.07 Å². The molecule has 1 rings (SSSR count). The molecule has 0 heterocycles. The van der Waals surface area contributed by atoms with E-state index in [0.29, 0.717) is 18.5 Å². The monoisotopic (exact) mass is 242 g/mol. The molecule has 0 spiro atoms. The second-order valence-corrected chi connectivity index (χ2v) is 3.53. The Kier molecular flexibility index (Phi) is 3.45. The van der Waals surface area contributed by atoms with Crippen molar-refractivity contribution in [2.24, 2.45) is 11.5 Å². The number of benzene rings is 1. The molecule has 4 heteroatoms. The fraction of sp³-hybridized carbons (Fsp3) is 0.222. The molecule has 1 amide bonds. The molecule has 0 aliphatic rings. The summed E-state index contributed by atoms with van der Waals surface area (Å²) in [5, 5.41) is 0. The van der Waals surface area contributed by atoms with E-state index in [2.05, 4.69) is 15.9 Å². The highest BCUT2D eigenvalue weighted by Gasteiger charge is 2.10. The van der Waals surface area contributed by atoms with E-state index in [-0.39, 0.29) is 0 Å². The molecule has 0 bridgehead atoms. The molecule has 0 atom stereocenters. The number of hydrogen-bond acceptors (Lipinski definition) is 2. The van der Waals surface area contributed by atoms with Gasteiger partial charge in [-0.05, 0) is 40.5 Å². The average molecular weight is 243 g/mol.